The minimum absolute atomic E-state index is 0.0866. The zero-order chi connectivity index (χ0) is 18.1. The Bertz CT molecular complexity index is 417. The van der Waals surface area contributed by atoms with Gasteiger partial charge in [0.1, 0.15) is 6.10 Å². The Morgan fingerprint density at radius 1 is 1.26 bits per heavy atom. The SMILES string of the molecule is CCC1(CC)OC(CO[Si](C)(C)C(C)(C)C)C(C(C)[N+](=O)[O-])O1. The second-order valence-corrected chi connectivity index (χ2v) is 12.8. The van der Waals surface area contributed by atoms with Gasteiger partial charge in [-0.2, -0.15) is 0 Å². The number of rotatable bonds is 7. The predicted molar refractivity (Wildman–Crippen MR) is 92.7 cm³/mol. The highest BCUT2D eigenvalue weighted by molar-refractivity contribution is 6.74. The molecule has 0 aromatic carbocycles. The van der Waals surface area contributed by atoms with Gasteiger partial charge in [-0.25, -0.2) is 0 Å². The Kier molecular flexibility index (Phi) is 6.40. The van der Waals surface area contributed by atoms with Crippen molar-refractivity contribution in [2.24, 2.45) is 0 Å². The average molecular weight is 348 g/mol. The van der Waals surface area contributed by atoms with Gasteiger partial charge in [0.15, 0.2) is 20.2 Å². The predicted octanol–water partition coefficient (Wildman–Crippen LogP) is 3.97. The zero-order valence-electron chi connectivity index (χ0n) is 15.8. The van der Waals surface area contributed by atoms with E-state index in [9.17, 15) is 10.1 Å². The van der Waals surface area contributed by atoms with Crippen molar-refractivity contribution in [2.75, 3.05) is 6.61 Å². The molecule has 0 radical (unpaired) electrons. The average Bonchev–Trinajstić information content (AvgIpc) is 2.83. The van der Waals surface area contributed by atoms with E-state index < -0.39 is 32.4 Å². The van der Waals surface area contributed by atoms with Gasteiger partial charge in [-0.15, -0.1) is 0 Å². The molecular weight excluding hydrogens is 314 g/mol. The van der Waals surface area contributed by atoms with Crippen LogP contribution in [0.2, 0.25) is 18.1 Å². The van der Waals surface area contributed by atoms with Crippen LogP contribution in [-0.2, 0) is 13.9 Å². The molecule has 0 saturated carbocycles. The van der Waals surface area contributed by atoms with Crippen LogP contribution < -0.4 is 0 Å². The molecule has 1 saturated heterocycles. The van der Waals surface area contributed by atoms with Crippen molar-refractivity contribution < 1.29 is 18.8 Å². The molecule has 1 aliphatic heterocycles. The maximum atomic E-state index is 11.2. The molecule has 23 heavy (non-hydrogen) atoms. The highest BCUT2D eigenvalue weighted by Crippen LogP contribution is 2.39. The van der Waals surface area contributed by atoms with Crippen LogP contribution in [-0.4, -0.2) is 43.9 Å². The molecule has 0 aromatic rings. The molecular formula is C16H33NO5Si. The Labute approximate surface area is 141 Å². The van der Waals surface area contributed by atoms with Gasteiger partial charge in [-0.3, -0.25) is 10.1 Å². The second-order valence-electron chi connectivity index (χ2n) is 7.95. The third-order valence-corrected chi connectivity index (χ3v) is 9.88. The lowest BCUT2D eigenvalue weighted by atomic mass is 10.1. The van der Waals surface area contributed by atoms with E-state index >= 15 is 0 Å². The van der Waals surface area contributed by atoms with Gasteiger partial charge in [0.25, 0.3) is 0 Å². The van der Waals surface area contributed by atoms with Crippen molar-refractivity contribution in [3.63, 3.8) is 0 Å². The molecule has 3 unspecified atom stereocenters. The van der Waals surface area contributed by atoms with Crippen molar-refractivity contribution in [2.45, 2.75) is 96.6 Å². The Balaban J connectivity index is 2.90. The first-order valence-corrected chi connectivity index (χ1v) is 11.4. The third-order valence-electron chi connectivity index (χ3n) is 5.38. The van der Waals surface area contributed by atoms with Crippen LogP contribution in [0.25, 0.3) is 0 Å². The van der Waals surface area contributed by atoms with Crippen LogP contribution in [0.1, 0.15) is 54.4 Å². The van der Waals surface area contributed by atoms with Crippen LogP contribution in [0.15, 0.2) is 0 Å². The maximum Gasteiger partial charge on any atom is 0.238 e. The lowest BCUT2D eigenvalue weighted by molar-refractivity contribution is -0.531. The molecule has 1 aliphatic rings. The monoisotopic (exact) mass is 347 g/mol. The first-order valence-electron chi connectivity index (χ1n) is 8.52. The summed E-state index contributed by atoms with van der Waals surface area (Å²) in [6, 6.07) is -0.817. The van der Waals surface area contributed by atoms with Gasteiger partial charge in [0.2, 0.25) is 6.04 Å². The van der Waals surface area contributed by atoms with Crippen LogP contribution in [0.4, 0.5) is 0 Å². The zero-order valence-corrected chi connectivity index (χ0v) is 16.8. The van der Waals surface area contributed by atoms with Crippen molar-refractivity contribution in [1.29, 1.82) is 0 Å². The normalized spacial score (nSPS) is 26.3. The number of nitrogens with zero attached hydrogens (tertiary/aromatic N) is 1. The maximum absolute atomic E-state index is 11.2. The molecule has 0 amide bonds. The molecule has 0 bridgehead atoms. The van der Waals surface area contributed by atoms with E-state index in [2.05, 4.69) is 33.9 Å². The van der Waals surface area contributed by atoms with Gasteiger partial charge < -0.3 is 13.9 Å². The summed E-state index contributed by atoms with van der Waals surface area (Å²) in [5.74, 6) is -0.726. The molecule has 6 nitrogen and oxygen atoms in total. The first kappa shape index (κ1) is 20.5. The summed E-state index contributed by atoms with van der Waals surface area (Å²) in [5.41, 5.74) is 0. The number of nitro groups is 1. The van der Waals surface area contributed by atoms with E-state index in [-0.39, 0.29) is 9.96 Å². The Morgan fingerprint density at radius 3 is 2.17 bits per heavy atom. The molecule has 1 fully saturated rings. The third kappa shape index (κ3) is 4.52. The van der Waals surface area contributed by atoms with Crippen LogP contribution in [0, 0.1) is 10.1 Å². The summed E-state index contributed by atoms with van der Waals surface area (Å²) >= 11 is 0. The van der Waals surface area contributed by atoms with Crippen LogP contribution in [0.5, 0.6) is 0 Å². The summed E-state index contributed by atoms with van der Waals surface area (Å²) in [6.07, 6.45) is 0.362. The van der Waals surface area contributed by atoms with E-state index in [0.717, 1.165) is 0 Å². The summed E-state index contributed by atoms with van der Waals surface area (Å²) < 4.78 is 18.3. The molecule has 0 aromatic heterocycles. The van der Waals surface area contributed by atoms with Crippen LogP contribution >= 0.6 is 0 Å². The van der Waals surface area contributed by atoms with E-state index in [1.807, 2.05) is 13.8 Å². The molecule has 7 heteroatoms. The lowest BCUT2D eigenvalue weighted by Gasteiger charge is -2.37. The fourth-order valence-corrected chi connectivity index (χ4v) is 3.46. The summed E-state index contributed by atoms with van der Waals surface area (Å²) in [5, 5.41) is 11.3. The molecule has 3 atom stereocenters. The van der Waals surface area contributed by atoms with Crippen LogP contribution in [0.3, 0.4) is 0 Å². The standard InChI is InChI=1S/C16H33NO5Si/c1-9-16(10-2)21-13(14(22-16)12(3)17(18)19)11-20-23(7,8)15(4,5)6/h12-14H,9-11H2,1-8H3. The quantitative estimate of drug-likeness (QED) is 0.396. The highest BCUT2D eigenvalue weighted by atomic mass is 28.4. The minimum Gasteiger partial charge on any atom is -0.414 e. The summed E-state index contributed by atoms with van der Waals surface area (Å²) in [4.78, 5) is 10.9. The fraction of sp³-hybridized carbons (Fsp3) is 1.00. The molecule has 0 spiro atoms. The molecule has 1 rings (SSSR count). The van der Waals surface area contributed by atoms with E-state index in [1.54, 1.807) is 6.92 Å². The number of hydrogen-bond donors (Lipinski definition) is 0. The van der Waals surface area contributed by atoms with Crippen molar-refractivity contribution >= 4 is 8.32 Å². The largest absolute Gasteiger partial charge is 0.414 e. The van der Waals surface area contributed by atoms with E-state index in [4.69, 9.17) is 13.9 Å². The number of ether oxygens (including phenoxy) is 2. The van der Waals surface area contributed by atoms with Gasteiger partial charge >= 0.3 is 0 Å². The molecule has 0 aliphatic carbocycles. The van der Waals surface area contributed by atoms with Gasteiger partial charge in [0, 0.05) is 11.8 Å². The summed E-state index contributed by atoms with van der Waals surface area (Å²) in [7, 11) is -1.94. The van der Waals surface area contributed by atoms with Gasteiger partial charge in [-0.1, -0.05) is 34.6 Å². The van der Waals surface area contributed by atoms with E-state index in [0.29, 0.717) is 19.4 Å². The molecule has 0 N–H and O–H groups in total. The minimum atomic E-state index is -1.94. The first-order chi connectivity index (χ1) is 10.4. The Hall–Kier alpha value is -0.503. The van der Waals surface area contributed by atoms with Crippen molar-refractivity contribution in [3.8, 4) is 0 Å². The van der Waals surface area contributed by atoms with E-state index in [1.165, 1.54) is 0 Å². The lowest BCUT2D eigenvalue weighted by Crippen LogP contribution is -2.46. The topological polar surface area (TPSA) is 70.8 Å². The molecule has 136 valence electrons. The smallest absolute Gasteiger partial charge is 0.238 e. The fourth-order valence-electron chi connectivity index (χ4n) is 2.44. The van der Waals surface area contributed by atoms with Crippen molar-refractivity contribution in [3.05, 3.63) is 10.1 Å². The van der Waals surface area contributed by atoms with Gasteiger partial charge in [0.05, 0.1) is 6.61 Å². The van der Waals surface area contributed by atoms with Gasteiger partial charge in [-0.05, 0) is 31.0 Å². The molecule has 1 heterocycles. The Morgan fingerprint density at radius 2 is 1.78 bits per heavy atom. The summed E-state index contributed by atoms with van der Waals surface area (Å²) in [6.45, 7) is 16.7. The number of hydrogen-bond acceptors (Lipinski definition) is 5. The second kappa shape index (κ2) is 7.17. The highest BCUT2D eigenvalue weighted by Gasteiger charge is 2.51. The van der Waals surface area contributed by atoms with Crippen molar-refractivity contribution in [1.82, 2.24) is 0 Å².